The van der Waals surface area contributed by atoms with Crippen LogP contribution in [-0.2, 0) is 5.41 Å². The molecule has 0 unspecified atom stereocenters. The minimum atomic E-state index is -0.451. The van der Waals surface area contributed by atoms with Crippen LogP contribution in [0.2, 0.25) is 0 Å². The number of rotatable bonds is 5. The summed E-state index contributed by atoms with van der Waals surface area (Å²) in [5.74, 6) is 0.889. The van der Waals surface area contributed by atoms with E-state index in [0.717, 1.165) is 31.9 Å². The van der Waals surface area contributed by atoms with E-state index in [1.807, 2.05) is 6.07 Å². The van der Waals surface area contributed by atoms with Crippen LogP contribution in [0, 0.1) is 6.92 Å². The third-order valence-electron chi connectivity index (χ3n) is 4.44. The van der Waals surface area contributed by atoms with Crippen LogP contribution in [0.1, 0.15) is 31.9 Å². The van der Waals surface area contributed by atoms with Crippen molar-refractivity contribution in [3.63, 3.8) is 0 Å². The quantitative estimate of drug-likeness (QED) is 0.903. The molecular weight excluding hydrogens is 288 g/mol. The Labute approximate surface area is 141 Å². The van der Waals surface area contributed by atoms with Crippen molar-refractivity contribution in [2.24, 2.45) is 0 Å². The second kappa shape index (κ2) is 7.65. The van der Waals surface area contributed by atoms with E-state index in [2.05, 4.69) is 56.7 Å². The number of nitrogens with zero attached hydrogens (tertiary/aromatic N) is 2. The highest BCUT2D eigenvalue weighted by Gasteiger charge is 2.21. The summed E-state index contributed by atoms with van der Waals surface area (Å²) in [4.78, 5) is 4.63. The molecule has 0 radical (unpaired) electrons. The van der Waals surface area contributed by atoms with E-state index in [1.54, 1.807) is 0 Å². The number of ether oxygens (including phenoxy) is 1. The normalized spacial score (nSPS) is 18.9. The molecule has 0 aliphatic carbocycles. The van der Waals surface area contributed by atoms with E-state index < -0.39 is 6.10 Å². The zero-order valence-electron chi connectivity index (χ0n) is 15.3. The molecule has 0 bridgehead atoms. The van der Waals surface area contributed by atoms with Crippen molar-refractivity contribution in [2.45, 2.75) is 39.2 Å². The fraction of sp³-hybridized carbons (Fsp3) is 0.684. The van der Waals surface area contributed by atoms with Gasteiger partial charge in [0.05, 0.1) is 0 Å². The van der Waals surface area contributed by atoms with Gasteiger partial charge >= 0.3 is 0 Å². The van der Waals surface area contributed by atoms with Gasteiger partial charge < -0.3 is 14.7 Å². The van der Waals surface area contributed by atoms with Crippen molar-refractivity contribution in [3.8, 4) is 5.75 Å². The van der Waals surface area contributed by atoms with Crippen LogP contribution in [-0.4, -0.2) is 67.4 Å². The van der Waals surface area contributed by atoms with Gasteiger partial charge in [-0.1, -0.05) is 38.5 Å². The lowest BCUT2D eigenvalue weighted by atomic mass is 9.85. The summed E-state index contributed by atoms with van der Waals surface area (Å²) in [6.45, 7) is 13.9. The third-order valence-corrected chi connectivity index (χ3v) is 4.44. The Bertz CT molecular complexity index is 503. The van der Waals surface area contributed by atoms with Gasteiger partial charge in [0.15, 0.2) is 0 Å². The Morgan fingerprint density at radius 2 is 1.83 bits per heavy atom. The fourth-order valence-corrected chi connectivity index (χ4v) is 2.92. The van der Waals surface area contributed by atoms with Crippen LogP contribution < -0.4 is 4.74 Å². The molecule has 1 aliphatic rings. The van der Waals surface area contributed by atoms with E-state index in [9.17, 15) is 5.11 Å². The van der Waals surface area contributed by atoms with Crippen LogP contribution in [0.3, 0.4) is 0 Å². The highest BCUT2D eigenvalue weighted by molar-refractivity contribution is 5.41. The lowest BCUT2D eigenvalue weighted by molar-refractivity contribution is 0.0500. The first kappa shape index (κ1) is 18.2. The minimum Gasteiger partial charge on any atom is -0.491 e. The Morgan fingerprint density at radius 3 is 2.43 bits per heavy atom. The second-order valence-corrected chi connectivity index (χ2v) is 7.82. The Balaban J connectivity index is 1.90. The van der Waals surface area contributed by atoms with Gasteiger partial charge in [-0.25, -0.2) is 0 Å². The van der Waals surface area contributed by atoms with E-state index in [0.29, 0.717) is 13.2 Å². The van der Waals surface area contributed by atoms with Crippen LogP contribution in [0.25, 0.3) is 0 Å². The maximum absolute atomic E-state index is 10.3. The molecule has 1 N–H and O–H groups in total. The van der Waals surface area contributed by atoms with Crippen molar-refractivity contribution >= 4 is 0 Å². The topological polar surface area (TPSA) is 35.9 Å². The number of aliphatic hydroxyl groups is 1. The van der Waals surface area contributed by atoms with Crippen molar-refractivity contribution in [2.75, 3.05) is 46.4 Å². The summed E-state index contributed by atoms with van der Waals surface area (Å²) in [6, 6.07) is 6.28. The molecule has 0 aromatic heterocycles. The predicted molar refractivity (Wildman–Crippen MR) is 95.3 cm³/mol. The molecule has 1 heterocycles. The number of benzene rings is 1. The van der Waals surface area contributed by atoms with Crippen molar-refractivity contribution < 1.29 is 9.84 Å². The Hall–Kier alpha value is -1.10. The highest BCUT2D eigenvalue weighted by Crippen LogP contribution is 2.32. The molecule has 23 heavy (non-hydrogen) atoms. The summed E-state index contributed by atoms with van der Waals surface area (Å²) in [7, 11) is 2.14. The molecule has 1 saturated heterocycles. The van der Waals surface area contributed by atoms with Gasteiger partial charge in [-0.2, -0.15) is 0 Å². The SMILES string of the molecule is Cc1ccc(OC[C@H](O)CN2CCN(C)CC2)c(C(C)(C)C)c1. The van der Waals surface area contributed by atoms with Crippen LogP contribution >= 0.6 is 0 Å². The number of aliphatic hydroxyl groups excluding tert-OH is 1. The first-order valence-corrected chi connectivity index (χ1v) is 8.58. The molecule has 0 spiro atoms. The summed E-state index contributed by atoms with van der Waals surface area (Å²) >= 11 is 0. The predicted octanol–water partition coefficient (Wildman–Crippen LogP) is 2.28. The molecule has 1 atom stereocenters. The van der Waals surface area contributed by atoms with Crippen LogP contribution in [0.4, 0.5) is 0 Å². The average Bonchev–Trinajstić information content (AvgIpc) is 2.47. The van der Waals surface area contributed by atoms with Gasteiger partial charge in [0.1, 0.15) is 18.5 Å². The number of β-amino-alcohol motifs (C(OH)–C–C–N with tert-alkyl or cyclic N) is 1. The Kier molecular flexibility index (Phi) is 6.06. The number of hydrogen-bond acceptors (Lipinski definition) is 4. The van der Waals surface area contributed by atoms with Gasteiger partial charge in [0.2, 0.25) is 0 Å². The number of hydrogen-bond donors (Lipinski definition) is 1. The van der Waals surface area contributed by atoms with E-state index in [4.69, 9.17) is 4.74 Å². The zero-order valence-corrected chi connectivity index (χ0v) is 15.3. The zero-order chi connectivity index (χ0) is 17.0. The first-order valence-electron chi connectivity index (χ1n) is 8.58. The van der Waals surface area contributed by atoms with Crippen LogP contribution in [0.5, 0.6) is 5.75 Å². The monoisotopic (exact) mass is 320 g/mol. The Morgan fingerprint density at radius 1 is 1.17 bits per heavy atom. The second-order valence-electron chi connectivity index (χ2n) is 7.82. The summed E-state index contributed by atoms with van der Waals surface area (Å²) in [5, 5.41) is 10.3. The lowest BCUT2D eigenvalue weighted by Gasteiger charge is -2.33. The van der Waals surface area contributed by atoms with Crippen molar-refractivity contribution in [1.82, 2.24) is 9.80 Å². The van der Waals surface area contributed by atoms with Crippen LogP contribution in [0.15, 0.2) is 18.2 Å². The molecule has 4 nitrogen and oxygen atoms in total. The smallest absolute Gasteiger partial charge is 0.123 e. The molecule has 0 saturated carbocycles. The van der Waals surface area contributed by atoms with Gasteiger partial charge in [-0.3, -0.25) is 4.90 Å². The highest BCUT2D eigenvalue weighted by atomic mass is 16.5. The van der Waals surface area contributed by atoms with Crippen molar-refractivity contribution in [1.29, 1.82) is 0 Å². The standard InChI is InChI=1S/C19H32N2O2/c1-15-6-7-18(17(12-15)19(2,3)4)23-14-16(22)13-21-10-8-20(5)9-11-21/h6-7,12,16,22H,8-11,13-14H2,1-5H3/t16-/m1/s1. The molecule has 130 valence electrons. The van der Waals surface area contributed by atoms with Gasteiger partial charge in [0, 0.05) is 32.7 Å². The van der Waals surface area contributed by atoms with Gasteiger partial charge in [0.25, 0.3) is 0 Å². The van der Waals surface area contributed by atoms with Gasteiger partial charge in [-0.15, -0.1) is 0 Å². The largest absolute Gasteiger partial charge is 0.491 e. The first-order chi connectivity index (χ1) is 10.8. The average molecular weight is 320 g/mol. The number of aryl methyl sites for hydroxylation is 1. The number of likely N-dealkylation sites (N-methyl/N-ethyl adjacent to an activating group) is 1. The molecule has 1 aromatic carbocycles. The molecular formula is C19H32N2O2. The van der Waals surface area contributed by atoms with Gasteiger partial charge in [-0.05, 0) is 31.0 Å². The summed E-state index contributed by atoms with van der Waals surface area (Å²) < 4.78 is 5.96. The maximum atomic E-state index is 10.3. The molecule has 0 amide bonds. The fourth-order valence-electron chi connectivity index (χ4n) is 2.92. The molecule has 1 aromatic rings. The molecule has 1 fully saturated rings. The minimum absolute atomic E-state index is 0.0315. The van der Waals surface area contributed by atoms with E-state index in [1.165, 1.54) is 11.1 Å². The summed E-state index contributed by atoms with van der Waals surface area (Å²) in [6.07, 6.45) is -0.451. The molecule has 4 heteroatoms. The summed E-state index contributed by atoms with van der Waals surface area (Å²) in [5.41, 5.74) is 2.47. The lowest BCUT2D eigenvalue weighted by Crippen LogP contribution is -2.47. The van der Waals surface area contributed by atoms with E-state index in [-0.39, 0.29) is 5.41 Å². The third kappa shape index (κ3) is 5.48. The molecule has 1 aliphatic heterocycles. The maximum Gasteiger partial charge on any atom is 0.123 e. The number of piperazine rings is 1. The van der Waals surface area contributed by atoms with Crippen molar-refractivity contribution in [3.05, 3.63) is 29.3 Å². The van der Waals surface area contributed by atoms with E-state index >= 15 is 0 Å². The molecule has 2 rings (SSSR count).